The topological polar surface area (TPSA) is 47.0 Å². The van der Waals surface area contributed by atoms with Gasteiger partial charge < -0.3 is 0 Å². The first-order chi connectivity index (χ1) is 9.88. The molecule has 3 aromatic rings. The second-order valence-corrected chi connectivity index (χ2v) is 4.30. The minimum absolute atomic E-state index is 0.718. The number of aryl methyl sites for hydroxylation is 1. The second kappa shape index (κ2) is 5.52. The third-order valence-corrected chi connectivity index (χ3v) is 2.96. The molecule has 0 saturated carbocycles. The molecule has 0 fully saturated rings. The van der Waals surface area contributed by atoms with Crippen LogP contribution in [-0.4, -0.2) is 20.4 Å². The van der Waals surface area contributed by atoms with Crippen LogP contribution in [0.5, 0.6) is 0 Å². The Balaban J connectivity index is 2.05. The van der Waals surface area contributed by atoms with E-state index in [2.05, 4.69) is 15.3 Å². The Bertz CT molecular complexity index is 796. The van der Waals surface area contributed by atoms with E-state index in [1.807, 2.05) is 70.7 Å². The molecular formula is C15H15N5. The van der Waals surface area contributed by atoms with Gasteiger partial charge in [-0.25, -0.2) is 4.68 Å². The van der Waals surface area contributed by atoms with Crippen molar-refractivity contribution in [1.82, 2.24) is 14.2 Å². The van der Waals surface area contributed by atoms with E-state index >= 15 is 0 Å². The number of hydrogen-bond acceptors (Lipinski definition) is 3. The summed E-state index contributed by atoms with van der Waals surface area (Å²) in [7, 11) is 0. The van der Waals surface area contributed by atoms with Crippen molar-refractivity contribution >= 4 is 11.9 Å². The predicted molar refractivity (Wildman–Crippen MR) is 78.5 cm³/mol. The Kier molecular flexibility index (Phi) is 3.41. The van der Waals surface area contributed by atoms with Crippen LogP contribution >= 0.6 is 0 Å². The zero-order valence-corrected chi connectivity index (χ0v) is 11.2. The molecule has 2 aromatic heterocycles. The molecule has 5 heteroatoms. The summed E-state index contributed by atoms with van der Waals surface area (Å²) in [4.78, 5) is 0. The highest BCUT2D eigenvalue weighted by atomic mass is 15.4. The number of hydrogen-bond donors (Lipinski definition) is 0. The zero-order valence-electron chi connectivity index (χ0n) is 11.2. The maximum atomic E-state index is 4.47. The van der Waals surface area contributed by atoms with Crippen LogP contribution in [-0.2, 0) is 6.54 Å². The van der Waals surface area contributed by atoms with Crippen molar-refractivity contribution in [1.29, 1.82) is 0 Å². The predicted octanol–water partition coefficient (Wildman–Crippen LogP) is 2.09. The molecule has 1 aromatic carbocycles. The van der Waals surface area contributed by atoms with E-state index in [0.29, 0.717) is 0 Å². The van der Waals surface area contributed by atoms with Crippen molar-refractivity contribution in [3.05, 3.63) is 65.9 Å². The monoisotopic (exact) mass is 265 g/mol. The molecule has 0 spiro atoms. The number of aromatic nitrogens is 3. The standard InChI is InChI=1S/C15H15N5/c1-2-20-15(19-11-7-6-10-14(19)18-20)17-16-12-13-8-4-3-5-9-13/h3-12H,2H2,1H3/b16-12+,17-15-. The molecule has 0 aliphatic carbocycles. The molecule has 20 heavy (non-hydrogen) atoms. The Hall–Kier alpha value is -2.69. The summed E-state index contributed by atoms with van der Waals surface area (Å²) < 4.78 is 3.75. The summed E-state index contributed by atoms with van der Waals surface area (Å²) in [6, 6.07) is 15.8. The molecule has 0 amide bonds. The third-order valence-electron chi connectivity index (χ3n) is 2.96. The molecule has 100 valence electrons. The molecule has 0 aliphatic rings. The van der Waals surface area contributed by atoms with Gasteiger partial charge in [-0.1, -0.05) is 36.4 Å². The van der Waals surface area contributed by atoms with Gasteiger partial charge in [-0.2, -0.15) is 10.2 Å². The maximum absolute atomic E-state index is 4.47. The molecule has 5 nitrogen and oxygen atoms in total. The lowest BCUT2D eigenvalue weighted by molar-refractivity contribution is 0.614. The van der Waals surface area contributed by atoms with E-state index < -0.39 is 0 Å². The minimum Gasteiger partial charge on any atom is -0.267 e. The first kappa shape index (κ1) is 12.3. The molecule has 0 bridgehead atoms. The number of rotatable bonds is 3. The number of nitrogens with zero attached hydrogens (tertiary/aromatic N) is 5. The smallest absolute Gasteiger partial charge is 0.252 e. The highest BCUT2D eigenvalue weighted by Crippen LogP contribution is 1.96. The molecule has 0 unspecified atom stereocenters. The van der Waals surface area contributed by atoms with Gasteiger partial charge in [0, 0.05) is 12.7 Å². The zero-order chi connectivity index (χ0) is 13.8. The molecule has 3 rings (SSSR count). The highest BCUT2D eigenvalue weighted by molar-refractivity contribution is 5.79. The van der Waals surface area contributed by atoms with Gasteiger partial charge in [0.2, 0.25) is 0 Å². The molecule has 2 heterocycles. The molecular weight excluding hydrogens is 250 g/mol. The molecule has 0 saturated heterocycles. The van der Waals surface area contributed by atoms with Crippen LogP contribution in [0.2, 0.25) is 0 Å². The summed E-state index contributed by atoms with van der Waals surface area (Å²) in [5, 5.41) is 12.9. The molecule has 0 aliphatic heterocycles. The average Bonchev–Trinajstić information content (AvgIpc) is 2.87. The largest absolute Gasteiger partial charge is 0.267 e. The van der Waals surface area contributed by atoms with Crippen molar-refractivity contribution in [2.75, 3.05) is 0 Å². The van der Waals surface area contributed by atoms with Crippen LogP contribution in [0.3, 0.4) is 0 Å². The lowest BCUT2D eigenvalue weighted by Crippen LogP contribution is -2.21. The molecule has 0 atom stereocenters. The van der Waals surface area contributed by atoms with Gasteiger partial charge in [0.05, 0.1) is 6.21 Å². The fourth-order valence-electron chi connectivity index (χ4n) is 1.98. The number of pyridine rings is 1. The Labute approximate surface area is 116 Å². The summed E-state index contributed by atoms with van der Waals surface area (Å²) in [5.41, 5.74) is 2.60. The Morgan fingerprint density at radius 2 is 1.90 bits per heavy atom. The van der Waals surface area contributed by atoms with E-state index in [0.717, 1.165) is 23.4 Å². The van der Waals surface area contributed by atoms with Crippen molar-refractivity contribution in [2.45, 2.75) is 13.5 Å². The highest BCUT2D eigenvalue weighted by Gasteiger charge is 2.01. The van der Waals surface area contributed by atoms with Gasteiger partial charge in [-0.05, 0) is 24.6 Å². The lowest BCUT2D eigenvalue weighted by Gasteiger charge is -1.92. The molecule has 0 radical (unpaired) electrons. The maximum Gasteiger partial charge on any atom is 0.252 e. The van der Waals surface area contributed by atoms with Gasteiger partial charge in [0.15, 0.2) is 5.65 Å². The first-order valence-electron chi connectivity index (χ1n) is 6.55. The van der Waals surface area contributed by atoms with Crippen LogP contribution in [0.4, 0.5) is 0 Å². The summed E-state index contributed by atoms with van der Waals surface area (Å²) in [5.74, 6) is 0. The average molecular weight is 265 g/mol. The fourth-order valence-corrected chi connectivity index (χ4v) is 1.98. The summed E-state index contributed by atoms with van der Waals surface area (Å²) in [6.45, 7) is 2.79. The van der Waals surface area contributed by atoms with E-state index in [1.54, 1.807) is 6.21 Å². The minimum atomic E-state index is 0.718. The van der Waals surface area contributed by atoms with Crippen LogP contribution in [0.15, 0.2) is 64.9 Å². The fraction of sp³-hybridized carbons (Fsp3) is 0.133. The normalized spacial score (nSPS) is 12.6. The molecule has 0 N–H and O–H groups in total. The van der Waals surface area contributed by atoms with Crippen LogP contribution in [0.1, 0.15) is 12.5 Å². The van der Waals surface area contributed by atoms with Crippen molar-refractivity contribution in [2.24, 2.45) is 10.2 Å². The van der Waals surface area contributed by atoms with Gasteiger partial charge in [-0.3, -0.25) is 4.40 Å². The third kappa shape index (κ3) is 2.38. The van der Waals surface area contributed by atoms with Gasteiger partial charge in [0.25, 0.3) is 5.62 Å². The SMILES string of the molecule is CCn1nc2ccccn2/c1=N/N=C/c1ccccc1. The quantitative estimate of drug-likeness (QED) is 0.528. The van der Waals surface area contributed by atoms with Gasteiger partial charge in [0.1, 0.15) is 0 Å². The second-order valence-electron chi connectivity index (χ2n) is 4.30. The van der Waals surface area contributed by atoms with E-state index in [9.17, 15) is 0 Å². The van der Waals surface area contributed by atoms with Crippen molar-refractivity contribution in [3.63, 3.8) is 0 Å². The van der Waals surface area contributed by atoms with E-state index in [-0.39, 0.29) is 0 Å². The van der Waals surface area contributed by atoms with Gasteiger partial charge >= 0.3 is 0 Å². The first-order valence-corrected chi connectivity index (χ1v) is 6.55. The van der Waals surface area contributed by atoms with Crippen LogP contribution in [0.25, 0.3) is 5.65 Å². The summed E-state index contributed by atoms with van der Waals surface area (Å²) >= 11 is 0. The summed E-state index contributed by atoms with van der Waals surface area (Å²) in [6.07, 6.45) is 3.67. The van der Waals surface area contributed by atoms with Gasteiger partial charge in [-0.15, -0.1) is 5.10 Å². The van der Waals surface area contributed by atoms with Crippen molar-refractivity contribution < 1.29 is 0 Å². The number of fused-ring (bicyclic) bond motifs is 1. The number of benzene rings is 1. The van der Waals surface area contributed by atoms with Crippen LogP contribution < -0.4 is 5.62 Å². The lowest BCUT2D eigenvalue weighted by atomic mass is 10.2. The Morgan fingerprint density at radius 3 is 2.70 bits per heavy atom. The van der Waals surface area contributed by atoms with Crippen LogP contribution in [0, 0.1) is 0 Å². The Morgan fingerprint density at radius 1 is 1.10 bits per heavy atom. The van der Waals surface area contributed by atoms with Crippen molar-refractivity contribution in [3.8, 4) is 0 Å². The van der Waals surface area contributed by atoms with E-state index in [1.165, 1.54) is 0 Å². The van der Waals surface area contributed by atoms with E-state index in [4.69, 9.17) is 0 Å².